The van der Waals surface area contributed by atoms with Crippen LogP contribution in [-0.4, -0.2) is 22.7 Å². The SMILES string of the molecule is NC(N)=NC(N)=Nc1ccc(Br)cc1C(=O)c1ccccn1. The summed E-state index contributed by atoms with van der Waals surface area (Å²) < 4.78 is 0.728. The molecule has 0 unspecified atom stereocenters. The van der Waals surface area contributed by atoms with Crippen LogP contribution in [0.1, 0.15) is 16.1 Å². The van der Waals surface area contributed by atoms with Crippen molar-refractivity contribution in [3.63, 3.8) is 0 Å². The molecule has 2 aromatic rings. The van der Waals surface area contributed by atoms with Gasteiger partial charge in [-0.2, -0.15) is 4.99 Å². The highest BCUT2D eigenvalue weighted by atomic mass is 79.9. The van der Waals surface area contributed by atoms with Gasteiger partial charge in [0.05, 0.1) is 11.3 Å². The number of nitrogens with two attached hydrogens (primary N) is 3. The first-order chi connectivity index (χ1) is 10.5. The lowest BCUT2D eigenvalue weighted by atomic mass is 10.1. The monoisotopic (exact) mass is 360 g/mol. The molecule has 0 bridgehead atoms. The van der Waals surface area contributed by atoms with Gasteiger partial charge in [0.25, 0.3) is 0 Å². The van der Waals surface area contributed by atoms with Crippen molar-refractivity contribution in [2.24, 2.45) is 27.2 Å². The Morgan fingerprint density at radius 3 is 2.55 bits per heavy atom. The molecule has 0 saturated carbocycles. The quantitative estimate of drug-likeness (QED) is 0.430. The molecule has 112 valence electrons. The van der Waals surface area contributed by atoms with Gasteiger partial charge in [0, 0.05) is 10.7 Å². The minimum atomic E-state index is -0.279. The number of aromatic nitrogens is 1. The highest BCUT2D eigenvalue weighted by Gasteiger charge is 2.15. The van der Waals surface area contributed by atoms with E-state index in [4.69, 9.17) is 17.2 Å². The van der Waals surface area contributed by atoms with E-state index in [1.54, 1.807) is 42.6 Å². The molecule has 2 rings (SSSR count). The molecular weight excluding hydrogens is 348 g/mol. The number of pyridine rings is 1. The van der Waals surface area contributed by atoms with Crippen molar-refractivity contribution < 1.29 is 4.79 Å². The zero-order chi connectivity index (χ0) is 16.1. The number of aliphatic imine (C=N–C) groups is 2. The van der Waals surface area contributed by atoms with Crippen molar-refractivity contribution in [1.82, 2.24) is 4.98 Å². The average molecular weight is 361 g/mol. The Labute approximate surface area is 135 Å². The van der Waals surface area contributed by atoms with E-state index in [2.05, 4.69) is 30.9 Å². The Bertz CT molecular complexity index is 753. The predicted molar refractivity (Wildman–Crippen MR) is 88.9 cm³/mol. The zero-order valence-corrected chi connectivity index (χ0v) is 13.0. The van der Waals surface area contributed by atoms with E-state index in [1.165, 1.54) is 0 Å². The molecule has 6 N–H and O–H groups in total. The van der Waals surface area contributed by atoms with Gasteiger partial charge in [-0.05, 0) is 30.3 Å². The lowest BCUT2D eigenvalue weighted by Crippen LogP contribution is -2.26. The third-order valence-electron chi connectivity index (χ3n) is 2.58. The van der Waals surface area contributed by atoms with E-state index < -0.39 is 0 Å². The maximum absolute atomic E-state index is 12.5. The normalized spacial score (nSPS) is 11.0. The average Bonchev–Trinajstić information content (AvgIpc) is 2.48. The van der Waals surface area contributed by atoms with Gasteiger partial charge in [0.2, 0.25) is 11.7 Å². The Balaban J connectivity index is 2.49. The van der Waals surface area contributed by atoms with Crippen LogP contribution in [-0.2, 0) is 0 Å². The largest absolute Gasteiger partial charge is 0.370 e. The number of rotatable bonds is 3. The van der Waals surface area contributed by atoms with E-state index in [9.17, 15) is 4.79 Å². The third-order valence-corrected chi connectivity index (χ3v) is 3.07. The van der Waals surface area contributed by atoms with Gasteiger partial charge in [0.15, 0.2) is 5.96 Å². The predicted octanol–water partition coefficient (Wildman–Crippen LogP) is 1.29. The van der Waals surface area contributed by atoms with E-state index in [1.807, 2.05) is 0 Å². The Hall–Kier alpha value is -2.74. The fourth-order valence-corrected chi connectivity index (χ4v) is 2.06. The van der Waals surface area contributed by atoms with Crippen molar-refractivity contribution in [2.75, 3.05) is 0 Å². The summed E-state index contributed by atoms with van der Waals surface area (Å²) in [7, 11) is 0. The summed E-state index contributed by atoms with van der Waals surface area (Å²) in [5.74, 6) is -0.633. The molecule has 1 aromatic heterocycles. The minimum absolute atomic E-state index is 0.141. The van der Waals surface area contributed by atoms with Crippen LogP contribution in [0, 0.1) is 0 Å². The van der Waals surface area contributed by atoms with Gasteiger partial charge in [-0.3, -0.25) is 9.78 Å². The first-order valence-electron chi connectivity index (χ1n) is 6.16. The van der Waals surface area contributed by atoms with E-state index in [0.717, 1.165) is 4.47 Å². The van der Waals surface area contributed by atoms with Crippen LogP contribution < -0.4 is 17.2 Å². The molecule has 0 aliphatic heterocycles. The smallest absolute Gasteiger partial charge is 0.223 e. The Kier molecular flexibility index (Phi) is 4.84. The van der Waals surface area contributed by atoms with Crippen molar-refractivity contribution in [3.8, 4) is 0 Å². The van der Waals surface area contributed by atoms with Gasteiger partial charge in [-0.25, -0.2) is 4.99 Å². The van der Waals surface area contributed by atoms with Gasteiger partial charge in [-0.1, -0.05) is 22.0 Å². The fourth-order valence-electron chi connectivity index (χ4n) is 1.70. The highest BCUT2D eigenvalue weighted by molar-refractivity contribution is 9.10. The molecule has 0 radical (unpaired) electrons. The lowest BCUT2D eigenvalue weighted by molar-refractivity contribution is 0.103. The van der Waals surface area contributed by atoms with Crippen molar-refractivity contribution >= 4 is 39.3 Å². The minimum Gasteiger partial charge on any atom is -0.370 e. The molecule has 0 aliphatic rings. The topological polar surface area (TPSA) is 133 Å². The van der Waals surface area contributed by atoms with Crippen molar-refractivity contribution in [2.45, 2.75) is 0 Å². The number of carbonyl (C=O) groups is 1. The maximum Gasteiger partial charge on any atom is 0.223 e. The summed E-state index contributed by atoms with van der Waals surface area (Å²) in [6.07, 6.45) is 1.54. The van der Waals surface area contributed by atoms with Gasteiger partial charge < -0.3 is 17.2 Å². The molecule has 0 atom stereocenters. The van der Waals surface area contributed by atoms with E-state index in [0.29, 0.717) is 16.9 Å². The Morgan fingerprint density at radius 1 is 1.14 bits per heavy atom. The second-order valence-corrected chi connectivity index (χ2v) is 5.13. The van der Waals surface area contributed by atoms with Crippen LogP contribution in [0.15, 0.2) is 57.1 Å². The number of halogens is 1. The van der Waals surface area contributed by atoms with Gasteiger partial charge >= 0.3 is 0 Å². The molecule has 22 heavy (non-hydrogen) atoms. The second-order valence-electron chi connectivity index (χ2n) is 4.21. The molecule has 7 nitrogen and oxygen atoms in total. The summed E-state index contributed by atoms with van der Waals surface area (Å²) in [5.41, 5.74) is 17.1. The molecule has 0 fully saturated rings. The van der Waals surface area contributed by atoms with Crippen LogP contribution in [0.4, 0.5) is 5.69 Å². The third kappa shape index (κ3) is 3.89. The van der Waals surface area contributed by atoms with Crippen LogP contribution in [0.3, 0.4) is 0 Å². The summed E-state index contributed by atoms with van der Waals surface area (Å²) in [6.45, 7) is 0. The zero-order valence-electron chi connectivity index (χ0n) is 11.4. The Morgan fingerprint density at radius 2 is 1.91 bits per heavy atom. The number of benzene rings is 1. The van der Waals surface area contributed by atoms with Crippen LogP contribution >= 0.6 is 15.9 Å². The fraction of sp³-hybridized carbons (Fsp3) is 0. The molecule has 0 aliphatic carbocycles. The molecule has 8 heteroatoms. The molecule has 0 spiro atoms. The number of hydrogen-bond acceptors (Lipinski definition) is 3. The number of nitrogens with zero attached hydrogens (tertiary/aromatic N) is 3. The van der Waals surface area contributed by atoms with Gasteiger partial charge in [0.1, 0.15) is 5.69 Å². The van der Waals surface area contributed by atoms with Crippen molar-refractivity contribution in [1.29, 1.82) is 0 Å². The maximum atomic E-state index is 12.5. The molecule has 0 saturated heterocycles. The molecule has 0 amide bonds. The number of carbonyl (C=O) groups excluding carboxylic acids is 1. The first-order valence-corrected chi connectivity index (χ1v) is 6.96. The standard InChI is InChI=1S/C14H13BrN6O/c15-8-4-5-10(20-14(18)21-13(16)17)9(7-8)12(22)11-3-1-2-6-19-11/h1-7H,(H6,16,17,18,20,21). The first kappa shape index (κ1) is 15.6. The van der Waals surface area contributed by atoms with E-state index in [-0.39, 0.29) is 17.7 Å². The van der Waals surface area contributed by atoms with Crippen LogP contribution in [0.25, 0.3) is 0 Å². The second kappa shape index (κ2) is 6.81. The number of hydrogen-bond donors (Lipinski definition) is 3. The molecular formula is C14H13BrN6O. The highest BCUT2D eigenvalue weighted by Crippen LogP contribution is 2.25. The van der Waals surface area contributed by atoms with E-state index >= 15 is 0 Å². The summed E-state index contributed by atoms with van der Waals surface area (Å²) >= 11 is 3.32. The van der Waals surface area contributed by atoms with Crippen LogP contribution in [0.5, 0.6) is 0 Å². The van der Waals surface area contributed by atoms with Gasteiger partial charge in [-0.15, -0.1) is 0 Å². The lowest BCUT2D eigenvalue weighted by Gasteiger charge is -2.06. The summed E-state index contributed by atoms with van der Waals surface area (Å²) in [5, 5.41) is 0. The summed E-state index contributed by atoms with van der Waals surface area (Å²) in [6, 6.07) is 10.1. The van der Waals surface area contributed by atoms with Crippen molar-refractivity contribution in [3.05, 3.63) is 58.3 Å². The summed E-state index contributed by atoms with van der Waals surface area (Å²) in [4.78, 5) is 24.3. The molecule has 1 aromatic carbocycles. The van der Waals surface area contributed by atoms with Crippen LogP contribution in [0.2, 0.25) is 0 Å². The number of guanidine groups is 2. The molecule has 1 heterocycles. The number of ketones is 1.